The molecule has 26 heavy (non-hydrogen) atoms. The second-order valence-corrected chi connectivity index (χ2v) is 7.15. The third-order valence-corrected chi connectivity index (χ3v) is 5.21. The lowest BCUT2D eigenvalue weighted by Gasteiger charge is -2.13. The van der Waals surface area contributed by atoms with Crippen molar-refractivity contribution >= 4 is 39.9 Å². The highest BCUT2D eigenvalue weighted by Crippen LogP contribution is 2.37. The predicted octanol–water partition coefficient (Wildman–Crippen LogP) is 6.72. The molecule has 0 amide bonds. The van der Waals surface area contributed by atoms with Crippen LogP contribution < -0.4 is 0 Å². The van der Waals surface area contributed by atoms with Gasteiger partial charge in [0.25, 0.3) is 5.92 Å². The van der Waals surface area contributed by atoms with Crippen LogP contribution in [0.15, 0.2) is 43.1 Å². The van der Waals surface area contributed by atoms with E-state index >= 15 is 0 Å². The van der Waals surface area contributed by atoms with Crippen molar-refractivity contribution in [2.75, 3.05) is 0 Å². The Kier molecular flexibility index (Phi) is 4.76. The van der Waals surface area contributed by atoms with Crippen LogP contribution in [-0.2, 0) is 19.4 Å². The summed E-state index contributed by atoms with van der Waals surface area (Å²) >= 11 is 12.7. The summed E-state index contributed by atoms with van der Waals surface area (Å²) < 4.78 is 29.6. The minimum Gasteiger partial charge on any atom is -0.508 e. The van der Waals surface area contributed by atoms with Gasteiger partial charge >= 0.3 is 0 Å². The fourth-order valence-corrected chi connectivity index (χ4v) is 3.83. The summed E-state index contributed by atoms with van der Waals surface area (Å²) in [7, 11) is 1.73. The molecule has 6 heteroatoms. The van der Waals surface area contributed by atoms with Crippen LogP contribution in [0.1, 0.15) is 29.2 Å². The van der Waals surface area contributed by atoms with Gasteiger partial charge < -0.3 is 9.67 Å². The Balaban J connectivity index is 2.18. The normalized spacial score (nSPS) is 11.9. The molecule has 0 bridgehead atoms. The zero-order valence-corrected chi connectivity index (χ0v) is 15.8. The average molecular weight is 396 g/mol. The van der Waals surface area contributed by atoms with Crippen molar-refractivity contribution in [3.05, 3.63) is 75.4 Å². The monoisotopic (exact) mass is 395 g/mol. The quantitative estimate of drug-likeness (QED) is 0.487. The van der Waals surface area contributed by atoms with Crippen LogP contribution in [0.4, 0.5) is 8.78 Å². The molecule has 0 aliphatic rings. The first-order chi connectivity index (χ1) is 12.1. The van der Waals surface area contributed by atoms with Crippen LogP contribution in [0.3, 0.4) is 0 Å². The van der Waals surface area contributed by atoms with Crippen molar-refractivity contribution < 1.29 is 13.9 Å². The topological polar surface area (TPSA) is 25.2 Å². The molecule has 3 rings (SSSR count). The van der Waals surface area contributed by atoms with Gasteiger partial charge in [0.05, 0.1) is 10.5 Å². The molecule has 0 unspecified atom stereocenters. The first-order valence-electron chi connectivity index (χ1n) is 7.91. The van der Waals surface area contributed by atoms with Crippen LogP contribution in [0.5, 0.6) is 0 Å². The number of hydrogen-bond acceptors (Lipinski definition) is 1. The molecule has 2 aromatic carbocycles. The number of alkyl halides is 2. The Morgan fingerprint density at radius 1 is 1.23 bits per heavy atom. The molecule has 0 aliphatic heterocycles. The Labute approximate surface area is 160 Å². The molecule has 0 radical (unpaired) electrons. The third-order valence-electron chi connectivity index (χ3n) is 4.42. The summed E-state index contributed by atoms with van der Waals surface area (Å²) in [6.07, 6.45) is 2.14. The third kappa shape index (κ3) is 3.19. The van der Waals surface area contributed by atoms with Gasteiger partial charge in [-0.15, -0.1) is 0 Å². The van der Waals surface area contributed by atoms with Crippen molar-refractivity contribution in [3.63, 3.8) is 0 Å². The summed E-state index contributed by atoms with van der Waals surface area (Å²) in [5.74, 6) is -3.11. The van der Waals surface area contributed by atoms with Crippen molar-refractivity contribution in [1.82, 2.24) is 4.57 Å². The number of rotatable bonds is 4. The number of aliphatic hydroxyl groups excluding tert-OH is 1. The number of hydrogen-bond donors (Lipinski definition) is 1. The molecule has 136 valence electrons. The Hall–Kier alpha value is -2.04. The van der Waals surface area contributed by atoms with Crippen molar-refractivity contribution in [3.8, 4) is 0 Å². The number of nitrogens with zero attached hydrogens (tertiary/aromatic N) is 1. The van der Waals surface area contributed by atoms with E-state index in [2.05, 4.69) is 6.58 Å². The fourth-order valence-electron chi connectivity index (χ4n) is 3.22. The molecular formula is C20H17Cl2F2NO. The summed E-state index contributed by atoms with van der Waals surface area (Å²) in [6, 6.07) is 8.08. The fraction of sp³-hybridized carbons (Fsp3) is 0.200. The molecule has 1 heterocycles. The van der Waals surface area contributed by atoms with E-state index < -0.39 is 5.92 Å². The van der Waals surface area contributed by atoms with Gasteiger partial charge in [-0.05, 0) is 23.3 Å². The van der Waals surface area contributed by atoms with E-state index in [1.807, 2.05) is 0 Å². The minimum atomic E-state index is -2.95. The van der Waals surface area contributed by atoms with Crippen LogP contribution >= 0.6 is 23.2 Å². The standard InChI is InChI=1S/C20H17Cl2F2NO/c1-11(26)13-7-8-17(21)15(18(13)22)9-12-10-25(3)19-14(12)5-4-6-16(19)20(2,23)24/h4-8,10,26H,1,9H2,2-3H3. The number of para-hydroxylation sites is 1. The van der Waals surface area contributed by atoms with Crippen molar-refractivity contribution in [2.45, 2.75) is 19.3 Å². The molecule has 2 nitrogen and oxygen atoms in total. The maximum atomic E-state index is 14.0. The summed E-state index contributed by atoms with van der Waals surface area (Å²) in [6.45, 7) is 4.38. The van der Waals surface area contributed by atoms with Crippen LogP contribution in [0.25, 0.3) is 16.7 Å². The van der Waals surface area contributed by atoms with E-state index in [-0.39, 0.29) is 11.3 Å². The average Bonchev–Trinajstić information content (AvgIpc) is 2.86. The van der Waals surface area contributed by atoms with E-state index in [0.717, 1.165) is 12.5 Å². The molecule has 1 N–H and O–H groups in total. The van der Waals surface area contributed by atoms with E-state index in [4.69, 9.17) is 23.2 Å². The minimum absolute atomic E-state index is 0.0292. The maximum absolute atomic E-state index is 14.0. The van der Waals surface area contributed by atoms with Gasteiger partial charge in [0.1, 0.15) is 5.76 Å². The lowest BCUT2D eigenvalue weighted by Crippen LogP contribution is -2.09. The highest BCUT2D eigenvalue weighted by molar-refractivity contribution is 6.37. The zero-order valence-electron chi connectivity index (χ0n) is 14.3. The van der Waals surface area contributed by atoms with Gasteiger partial charge in [-0.3, -0.25) is 0 Å². The van der Waals surface area contributed by atoms with Crippen LogP contribution in [-0.4, -0.2) is 9.67 Å². The number of aliphatic hydroxyl groups is 1. The SMILES string of the molecule is C=C(O)c1ccc(Cl)c(Cc2cn(C)c3c(C(C)(F)F)cccc23)c1Cl. The van der Waals surface area contributed by atoms with Crippen LogP contribution in [0, 0.1) is 0 Å². The number of benzene rings is 2. The van der Waals surface area contributed by atoms with Crippen molar-refractivity contribution in [1.29, 1.82) is 0 Å². The van der Waals surface area contributed by atoms with Gasteiger partial charge in [0.15, 0.2) is 0 Å². The molecule has 0 atom stereocenters. The van der Waals surface area contributed by atoms with E-state index in [9.17, 15) is 13.9 Å². The first kappa shape index (κ1) is 18.7. The molecule has 0 saturated carbocycles. The molecule has 0 spiro atoms. The van der Waals surface area contributed by atoms with Gasteiger partial charge in [-0.25, -0.2) is 8.78 Å². The number of halogens is 4. The van der Waals surface area contributed by atoms with Gasteiger partial charge in [-0.1, -0.05) is 48.0 Å². The van der Waals surface area contributed by atoms with E-state index in [1.54, 1.807) is 42.1 Å². The molecule has 1 aromatic heterocycles. The number of aryl methyl sites for hydroxylation is 1. The second kappa shape index (κ2) is 6.60. The Morgan fingerprint density at radius 2 is 1.92 bits per heavy atom. The zero-order chi connectivity index (χ0) is 19.2. The molecule has 3 aromatic rings. The highest BCUT2D eigenvalue weighted by atomic mass is 35.5. The smallest absolute Gasteiger partial charge is 0.272 e. The summed E-state index contributed by atoms with van der Waals surface area (Å²) in [4.78, 5) is 0. The Morgan fingerprint density at radius 3 is 2.54 bits per heavy atom. The van der Waals surface area contributed by atoms with E-state index in [1.165, 1.54) is 6.07 Å². The lowest BCUT2D eigenvalue weighted by molar-refractivity contribution is 0.0188. The predicted molar refractivity (Wildman–Crippen MR) is 103 cm³/mol. The Bertz CT molecular complexity index is 1020. The molecule has 0 saturated heterocycles. The lowest BCUT2D eigenvalue weighted by atomic mass is 9.99. The summed E-state index contributed by atoms with van der Waals surface area (Å²) in [5, 5.41) is 11.1. The highest BCUT2D eigenvalue weighted by Gasteiger charge is 2.28. The second-order valence-electron chi connectivity index (χ2n) is 6.37. The molecule has 0 aliphatic carbocycles. The summed E-state index contributed by atoms with van der Waals surface area (Å²) in [5.41, 5.74) is 2.27. The number of aromatic nitrogens is 1. The van der Waals surface area contributed by atoms with Gasteiger partial charge in [-0.2, -0.15) is 0 Å². The maximum Gasteiger partial charge on any atom is 0.272 e. The molecule has 0 fully saturated rings. The van der Waals surface area contributed by atoms with Gasteiger partial charge in [0.2, 0.25) is 0 Å². The van der Waals surface area contributed by atoms with Crippen molar-refractivity contribution in [2.24, 2.45) is 7.05 Å². The molecular weight excluding hydrogens is 379 g/mol. The van der Waals surface area contributed by atoms with Gasteiger partial charge in [0, 0.05) is 48.1 Å². The van der Waals surface area contributed by atoms with Crippen LogP contribution in [0.2, 0.25) is 10.0 Å². The first-order valence-corrected chi connectivity index (χ1v) is 8.67. The van der Waals surface area contributed by atoms with E-state index in [0.29, 0.717) is 38.5 Å². The number of fused-ring (bicyclic) bond motifs is 1. The largest absolute Gasteiger partial charge is 0.508 e.